The van der Waals surface area contributed by atoms with Crippen molar-refractivity contribution in [2.45, 2.75) is 38.3 Å². The van der Waals surface area contributed by atoms with Crippen LogP contribution in [0.3, 0.4) is 0 Å². The third-order valence-electron chi connectivity index (χ3n) is 4.36. The Morgan fingerprint density at radius 2 is 2.13 bits per heavy atom. The summed E-state index contributed by atoms with van der Waals surface area (Å²) in [5, 5.41) is 6.43. The molecule has 2 aliphatic rings. The summed E-state index contributed by atoms with van der Waals surface area (Å²) < 4.78 is 11.2. The summed E-state index contributed by atoms with van der Waals surface area (Å²) >= 11 is 0. The van der Waals surface area contributed by atoms with Gasteiger partial charge >= 0.3 is 0 Å². The number of rotatable bonds is 8. The molecule has 3 rings (SSSR count). The van der Waals surface area contributed by atoms with Gasteiger partial charge in [-0.15, -0.1) is 0 Å². The van der Waals surface area contributed by atoms with Gasteiger partial charge in [-0.2, -0.15) is 0 Å². The van der Waals surface area contributed by atoms with E-state index < -0.39 is 0 Å². The molecule has 1 atom stereocenters. The van der Waals surface area contributed by atoms with E-state index in [0.29, 0.717) is 12.0 Å². The molecule has 0 aromatic heterocycles. The van der Waals surface area contributed by atoms with Crippen LogP contribution in [-0.4, -0.2) is 38.3 Å². The maximum absolute atomic E-state index is 11.8. The van der Waals surface area contributed by atoms with Gasteiger partial charge in [-0.3, -0.25) is 4.79 Å². The zero-order valence-electron chi connectivity index (χ0n) is 13.6. The molecule has 1 saturated heterocycles. The molecule has 1 aromatic rings. The molecule has 2 fully saturated rings. The Hall–Kier alpha value is -1.59. The summed E-state index contributed by atoms with van der Waals surface area (Å²) in [7, 11) is 0. The van der Waals surface area contributed by atoms with E-state index in [1.807, 2.05) is 24.3 Å². The first-order chi connectivity index (χ1) is 11.3. The summed E-state index contributed by atoms with van der Waals surface area (Å²) in [5.74, 6) is 1.42. The molecule has 0 bridgehead atoms. The lowest BCUT2D eigenvalue weighted by Crippen LogP contribution is -2.36. The molecule has 2 N–H and O–H groups in total. The van der Waals surface area contributed by atoms with E-state index in [0.717, 1.165) is 50.5 Å². The van der Waals surface area contributed by atoms with E-state index in [-0.39, 0.29) is 12.5 Å². The van der Waals surface area contributed by atoms with Gasteiger partial charge in [0.25, 0.3) is 5.91 Å². The lowest BCUT2D eigenvalue weighted by atomic mass is 10.1. The van der Waals surface area contributed by atoms with E-state index >= 15 is 0 Å². The van der Waals surface area contributed by atoms with Crippen LogP contribution in [0.2, 0.25) is 0 Å². The molecular formula is C18H26N2O3. The summed E-state index contributed by atoms with van der Waals surface area (Å²) in [6.07, 6.45) is 4.73. The average molecular weight is 318 g/mol. The number of hydrogen-bond donors (Lipinski definition) is 2. The van der Waals surface area contributed by atoms with E-state index in [4.69, 9.17) is 9.47 Å². The van der Waals surface area contributed by atoms with Crippen molar-refractivity contribution in [2.24, 2.45) is 5.92 Å². The number of carbonyl (C=O) groups excluding carboxylic acids is 1. The zero-order valence-corrected chi connectivity index (χ0v) is 13.6. The quantitative estimate of drug-likeness (QED) is 0.768. The van der Waals surface area contributed by atoms with Crippen LogP contribution in [0, 0.1) is 5.92 Å². The second-order valence-corrected chi connectivity index (χ2v) is 6.44. The molecule has 1 unspecified atom stereocenters. The summed E-state index contributed by atoms with van der Waals surface area (Å²) in [4.78, 5) is 11.8. The lowest BCUT2D eigenvalue weighted by Gasteiger charge is -2.23. The van der Waals surface area contributed by atoms with Crippen LogP contribution in [0.25, 0.3) is 0 Å². The molecule has 1 aliphatic heterocycles. The Morgan fingerprint density at radius 3 is 2.91 bits per heavy atom. The van der Waals surface area contributed by atoms with Gasteiger partial charge in [0.05, 0.1) is 6.61 Å². The highest BCUT2D eigenvalue weighted by Crippen LogP contribution is 2.27. The molecule has 1 amide bonds. The number of benzene rings is 1. The summed E-state index contributed by atoms with van der Waals surface area (Å²) in [5.41, 5.74) is 1.08. The van der Waals surface area contributed by atoms with Crippen molar-refractivity contribution in [1.82, 2.24) is 10.6 Å². The van der Waals surface area contributed by atoms with Gasteiger partial charge in [0.2, 0.25) is 0 Å². The fourth-order valence-electron chi connectivity index (χ4n) is 2.72. The Labute approximate surface area is 137 Å². The van der Waals surface area contributed by atoms with Crippen molar-refractivity contribution in [3.63, 3.8) is 0 Å². The standard InChI is InChI=1S/C18H26N2O3/c21-18(20-10-14-7-8-14)13-23-17-6-2-1-4-15(17)11-19-16-5-3-9-22-12-16/h1-2,4,6,14,16,19H,3,5,7-13H2,(H,20,21). The van der Waals surface area contributed by atoms with Crippen molar-refractivity contribution in [2.75, 3.05) is 26.4 Å². The molecule has 1 aliphatic carbocycles. The van der Waals surface area contributed by atoms with Crippen molar-refractivity contribution in [3.05, 3.63) is 29.8 Å². The largest absolute Gasteiger partial charge is 0.483 e. The number of hydrogen-bond acceptors (Lipinski definition) is 4. The highest BCUT2D eigenvalue weighted by Gasteiger charge is 2.21. The summed E-state index contributed by atoms with van der Waals surface area (Å²) in [6, 6.07) is 8.29. The van der Waals surface area contributed by atoms with Crippen LogP contribution in [0.15, 0.2) is 24.3 Å². The smallest absolute Gasteiger partial charge is 0.257 e. The number of ether oxygens (including phenoxy) is 2. The fourth-order valence-corrected chi connectivity index (χ4v) is 2.72. The van der Waals surface area contributed by atoms with Gasteiger partial charge in [-0.25, -0.2) is 0 Å². The van der Waals surface area contributed by atoms with Crippen molar-refractivity contribution < 1.29 is 14.3 Å². The SMILES string of the molecule is O=C(COc1ccccc1CNC1CCCOC1)NCC1CC1. The Morgan fingerprint density at radius 1 is 1.26 bits per heavy atom. The monoisotopic (exact) mass is 318 g/mol. The third-order valence-corrected chi connectivity index (χ3v) is 4.36. The van der Waals surface area contributed by atoms with Crippen molar-refractivity contribution in [3.8, 4) is 5.75 Å². The zero-order chi connectivity index (χ0) is 15.9. The van der Waals surface area contributed by atoms with Crippen LogP contribution >= 0.6 is 0 Å². The first kappa shape index (κ1) is 16.3. The van der Waals surface area contributed by atoms with Crippen molar-refractivity contribution >= 4 is 5.91 Å². The highest BCUT2D eigenvalue weighted by molar-refractivity contribution is 5.77. The molecule has 1 aromatic carbocycles. The molecule has 5 nitrogen and oxygen atoms in total. The molecule has 126 valence electrons. The number of para-hydroxylation sites is 1. The Kier molecular flexibility index (Phi) is 5.88. The average Bonchev–Trinajstić information content (AvgIpc) is 3.42. The van der Waals surface area contributed by atoms with Crippen LogP contribution < -0.4 is 15.4 Å². The maximum Gasteiger partial charge on any atom is 0.257 e. The molecule has 5 heteroatoms. The predicted octanol–water partition coefficient (Wildman–Crippen LogP) is 1.86. The van der Waals surface area contributed by atoms with Gasteiger partial charge < -0.3 is 20.1 Å². The van der Waals surface area contributed by atoms with Gasteiger partial charge in [0.1, 0.15) is 5.75 Å². The van der Waals surface area contributed by atoms with Crippen molar-refractivity contribution in [1.29, 1.82) is 0 Å². The van der Waals surface area contributed by atoms with E-state index in [2.05, 4.69) is 10.6 Å². The fraction of sp³-hybridized carbons (Fsp3) is 0.611. The predicted molar refractivity (Wildman–Crippen MR) is 88.4 cm³/mol. The first-order valence-corrected chi connectivity index (χ1v) is 8.60. The lowest BCUT2D eigenvalue weighted by molar-refractivity contribution is -0.123. The molecule has 23 heavy (non-hydrogen) atoms. The number of amides is 1. The highest BCUT2D eigenvalue weighted by atomic mass is 16.5. The van der Waals surface area contributed by atoms with E-state index in [9.17, 15) is 4.79 Å². The number of nitrogens with one attached hydrogen (secondary N) is 2. The van der Waals surface area contributed by atoms with E-state index in [1.165, 1.54) is 12.8 Å². The molecule has 1 heterocycles. The third kappa shape index (κ3) is 5.52. The first-order valence-electron chi connectivity index (χ1n) is 8.60. The molecule has 0 radical (unpaired) electrons. The van der Waals surface area contributed by atoms with Crippen LogP contribution in [-0.2, 0) is 16.1 Å². The molecule has 1 saturated carbocycles. The van der Waals surface area contributed by atoms with Crippen LogP contribution in [0.4, 0.5) is 0 Å². The van der Waals surface area contributed by atoms with Gasteiger partial charge in [0, 0.05) is 31.3 Å². The van der Waals surface area contributed by atoms with E-state index in [1.54, 1.807) is 0 Å². The van der Waals surface area contributed by atoms with Gasteiger partial charge in [-0.05, 0) is 37.7 Å². The topological polar surface area (TPSA) is 59.6 Å². The second-order valence-electron chi connectivity index (χ2n) is 6.44. The van der Waals surface area contributed by atoms with Crippen LogP contribution in [0.1, 0.15) is 31.2 Å². The minimum Gasteiger partial charge on any atom is -0.483 e. The molecular weight excluding hydrogens is 292 g/mol. The minimum absolute atomic E-state index is 0.0413. The normalized spacial score (nSPS) is 21.0. The Balaban J connectivity index is 1.45. The number of carbonyl (C=O) groups is 1. The minimum atomic E-state index is -0.0413. The van der Waals surface area contributed by atoms with Gasteiger partial charge in [0.15, 0.2) is 6.61 Å². The Bertz CT molecular complexity index is 511. The maximum atomic E-state index is 11.8. The van der Waals surface area contributed by atoms with Crippen LogP contribution in [0.5, 0.6) is 5.75 Å². The summed E-state index contributed by atoms with van der Waals surface area (Å²) in [6.45, 7) is 3.23. The molecule has 0 spiro atoms. The van der Waals surface area contributed by atoms with Gasteiger partial charge in [-0.1, -0.05) is 18.2 Å². The second kappa shape index (κ2) is 8.31.